The van der Waals surface area contributed by atoms with E-state index < -0.39 is 0 Å². The van der Waals surface area contributed by atoms with Crippen molar-refractivity contribution < 1.29 is 19.0 Å². The van der Waals surface area contributed by atoms with Gasteiger partial charge in [0.25, 0.3) is 0 Å². The lowest BCUT2D eigenvalue weighted by Crippen LogP contribution is -2.32. The first-order valence-corrected chi connectivity index (χ1v) is 10.2. The van der Waals surface area contributed by atoms with Gasteiger partial charge in [0.05, 0.1) is 31.5 Å². The maximum Gasteiger partial charge on any atom is 0.341 e. The van der Waals surface area contributed by atoms with Gasteiger partial charge in [0.2, 0.25) is 0 Å². The lowest BCUT2D eigenvalue weighted by Gasteiger charge is -2.30. The molecular weight excluding hydrogens is 396 g/mol. The van der Waals surface area contributed by atoms with E-state index in [1.165, 1.54) is 11.3 Å². The van der Waals surface area contributed by atoms with Gasteiger partial charge in [0.1, 0.15) is 10.8 Å². The van der Waals surface area contributed by atoms with E-state index in [1.807, 2.05) is 38.1 Å². The molecule has 3 rings (SSSR count). The van der Waals surface area contributed by atoms with Crippen molar-refractivity contribution in [3.63, 3.8) is 0 Å². The Labute approximate surface area is 174 Å². The van der Waals surface area contributed by atoms with Crippen LogP contribution in [0.25, 0.3) is 0 Å². The molecule has 1 aliphatic heterocycles. The van der Waals surface area contributed by atoms with E-state index in [1.54, 1.807) is 14.0 Å². The summed E-state index contributed by atoms with van der Waals surface area (Å²) in [6, 6.07) is 7.43. The maximum absolute atomic E-state index is 12.6. The second kappa shape index (κ2) is 8.46. The molecule has 0 atom stereocenters. The molecule has 150 valence electrons. The standard InChI is InChI=1S/C20H24N2O4S2/c1-5-25-18(23)16-14-10-20(2,3)26-11-15(14)28-17(16)22-19(27)21-12-6-8-13(24-4)9-7-12/h6-9H,5,10-11H2,1-4H3,(H2,21,22,27). The summed E-state index contributed by atoms with van der Waals surface area (Å²) in [7, 11) is 1.62. The zero-order valence-corrected chi connectivity index (χ0v) is 18.0. The van der Waals surface area contributed by atoms with Crippen molar-refractivity contribution in [3.05, 3.63) is 40.3 Å². The number of rotatable bonds is 5. The molecule has 0 saturated carbocycles. The molecule has 0 radical (unpaired) electrons. The summed E-state index contributed by atoms with van der Waals surface area (Å²) < 4.78 is 16.3. The van der Waals surface area contributed by atoms with Crippen LogP contribution in [0.2, 0.25) is 0 Å². The summed E-state index contributed by atoms with van der Waals surface area (Å²) >= 11 is 6.92. The van der Waals surface area contributed by atoms with Crippen molar-refractivity contribution >= 4 is 45.3 Å². The fourth-order valence-electron chi connectivity index (χ4n) is 3.00. The number of fused-ring (bicyclic) bond motifs is 1. The SMILES string of the molecule is CCOC(=O)c1c(NC(=S)Nc2ccc(OC)cc2)sc2c1CC(C)(C)OC2. The van der Waals surface area contributed by atoms with Gasteiger partial charge >= 0.3 is 5.97 Å². The number of anilines is 2. The van der Waals surface area contributed by atoms with Gasteiger partial charge < -0.3 is 24.8 Å². The van der Waals surface area contributed by atoms with E-state index in [4.69, 9.17) is 26.4 Å². The molecule has 0 aliphatic carbocycles. The van der Waals surface area contributed by atoms with Crippen molar-refractivity contribution in [3.8, 4) is 5.75 Å². The van der Waals surface area contributed by atoms with Crippen molar-refractivity contribution in [1.29, 1.82) is 0 Å². The Bertz CT molecular complexity index is 875. The zero-order valence-electron chi connectivity index (χ0n) is 16.4. The van der Waals surface area contributed by atoms with Gasteiger partial charge in [0.15, 0.2) is 5.11 Å². The molecule has 0 fully saturated rings. The molecule has 0 amide bonds. The minimum atomic E-state index is -0.340. The minimum absolute atomic E-state index is 0.317. The van der Waals surface area contributed by atoms with E-state index in [-0.39, 0.29) is 11.6 Å². The number of esters is 1. The average Bonchev–Trinajstić information content (AvgIpc) is 2.98. The Hall–Kier alpha value is -2.16. The Balaban J connectivity index is 1.83. The summed E-state index contributed by atoms with van der Waals surface area (Å²) in [5, 5.41) is 7.36. The van der Waals surface area contributed by atoms with Crippen LogP contribution in [0.1, 0.15) is 41.6 Å². The number of carbonyl (C=O) groups excluding carboxylic acids is 1. The average molecular weight is 421 g/mol. The molecule has 0 unspecified atom stereocenters. The van der Waals surface area contributed by atoms with Gasteiger partial charge in [0, 0.05) is 17.0 Å². The number of thiophene rings is 1. The molecule has 1 aliphatic rings. The van der Waals surface area contributed by atoms with Crippen LogP contribution in [0.15, 0.2) is 24.3 Å². The summed E-state index contributed by atoms with van der Waals surface area (Å²) in [5.41, 5.74) is 2.03. The predicted molar refractivity (Wildman–Crippen MR) is 116 cm³/mol. The van der Waals surface area contributed by atoms with Crippen LogP contribution in [-0.2, 0) is 22.5 Å². The number of nitrogens with one attached hydrogen (secondary N) is 2. The molecule has 8 heteroatoms. The molecule has 1 aromatic heterocycles. The second-order valence-corrected chi connectivity index (χ2v) is 8.47. The molecule has 1 aromatic carbocycles. The number of thiocarbonyl (C=S) groups is 1. The number of methoxy groups -OCH3 is 1. The van der Waals surface area contributed by atoms with Crippen LogP contribution in [0.3, 0.4) is 0 Å². The number of ether oxygens (including phenoxy) is 3. The normalized spacial score (nSPS) is 14.7. The molecular formula is C20H24N2O4S2. The third-order valence-electron chi connectivity index (χ3n) is 4.34. The quantitative estimate of drug-likeness (QED) is 0.541. The Kier molecular flexibility index (Phi) is 6.22. The number of carbonyl (C=O) groups is 1. The fraction of sp³-hybridized carbons (Fsp3) is 0.400. The van der Waals surface area contributed by atoms with E-state index in [2.05, 4.69) is 10.6 Å². The van der Waals surface area contributed by atoms with Gasteiger partial charge in [-0.05, 0) is 62.8 Å². The Morgan fingerprint density at radius 1 is 1.29 bits per heavy atom. The molecule has 0 bridgehead atoms. The highest BCUT2D eigenvalue weighted by molar-refractivity contribution is 7.80. The van der Waals surface area contributed by atoms with Gasteiger partial charge in [-0.2, -0.15) is 0 Å². The molecule has 2 heterocycles. The Morgan fingerprint density at radius 2 is 2.00 bits per heavy atom. The second-order valence-electron chi connectivity index (χ2n) is 6.96. The highest BCUT2D eigenvalue weighted by Gasteiger charge is 2.34. The highest BCUT2D eigenvalue weighted by Crippen LogP contribution is 2.40. The van der Waals surface area contributed by atoms with Crippen molar-refractivity contribution in [2.45, 2.75) is 39.4 Å². The molecule has 0 spiro atoms. The number of hydrogen-bond acceptors (Lipinski definition) is 6. The van der Waals surface area contributed by atoms with Crippen molar-refractivity contribution in [1.82, 2.24) is 0 Å². The van der Waals surface area contributed by atoms with E-state index in [9.17, 15) is 4.79 Å². The number of hydrogen-bond donors (Lipinski definition) is 2. The first-order chi connectivity index (χ1) is 13.3. The van der Waals surface area contributed by atoms with Crippen LogP contribution in [-0.4, -0.2) is 30.4 Å². The van der Waals surface area contributed by atoms with Crippen LogP contribution < -0.4 is 15.4 Å². The highest BCUT2D eigenvalue weighted by atomic mass is 32.1. The summed E-state index contributed by atoms with van der Waals surface area (Å²) in [5.74, 6) is 0.426. The minimum Gasteiger partial charge on any atom is -0.497 e. The van der Waals surface area contributed by atoms with Crippen molar-refractivity contribution in [2.24, 2.45) is 0 Å². The zero-order chi connectivity index (χ0) is 20.3. The molecule has 2 aromatic rings. The lowest BCUT2D eigenvalue weighted by molar-refractivity contribution is -0.0384. The smallest absolute Gasteiger partial charge is 0.341 e. The van der Waals surface area contributed by atoms with Crippen LogP contribution in [0.5, 0.6) is 5.75 Å². The molecule has 0 saturated heterocycles. The monoisotopic (exact) mass is 420 g/mol. The lowest BCUT2D eigenvalue weighted by atomic mass is 9.93. The molecule has 2 N–H and O–H groups in total. The van der Waals surface area contributed by atoms with Gasteiger partial charge in [-0.25, -0.2) is 4.79 Å². The first-order valence-electron chi connectivity index (χ1n) is 9.00. The van der Waals surface area contributed by atoms with E-state index in [0.29, 0.717) is 35.3 Å². The van der Waals surface area contributed by atoms with E-state index in [0.717, 1.165) is 21.9 Å². The third kappa shape index (κ3) is 4.63. The summed E-state index contributed by atoms with van der Waals surface area (Å²) in [6.07, 6.45) is 0.646. The summed E-state index contributed by atoms with van der Waals surface area (Å²) in [4.78, 5) is 13.7. The predicted octanol–water partition coefficient (Wildman–Crippen LogP) is 4.59. The first kappa shape index (κ1) is 20.6. The van der Waals surface area contributed by atoms with Gasteiger partial charge in [-0.15, -0.1) is 11.3 Å². The number of benzene rings is 1. The molecule has 6 nitrogen and oxygen atoms in total. The van der Waals surface area contributed by atoms with Crippen LogP contribution in [0.4, 0.5) is 10.7 Å². The van der Waals surface area contributed by atoms with Gasteiger partial charge in [-0.3, -0.25) is 0 Å². The van der Waals surface area contributed by atoms with Crippen LogP contribution >= 0.6 is 23.6 Å². The molecule has 28 heavy (non-hydrogen) atoms. The van der Waals surface area contributed by atoms with Crippen LogP contribution in [0, 0.1) is 0 Å². The van der Waals surface area contributed by atoms with E-state index >= 15 is 0 Å². The van der Waals surface area contributed by atoms with Crippen molar-refractivity contribution in [2.75, 3.05) is 24.4 Å². The van der Waals surface area contributed by atoms with Gasteiger partial charge in [-0.1, -0.05) is 0 Å². The Morgan fingerprint density at radius 3 is 2.64 bits per heavy atom. The third-order valence-corrected chi connectivity index (χ3v) is 5.67. The largest absolute Gasteiger partial charge is 0.497 e. The maximum atomic E-state index is 12.6. The topological polar surface area (TPSA) is 68.8 Å². The fourth-order valence-corrected chi connectivity index (χ4v) is 4.41. The summed E-state index contributed by atoms with van der Waals surface area (Å²) in [6.45, 7) is 6.63.